The summed E-state index contributed by atoms with van der Waals surface area (Å²) in [6, 6.07) is 4.86. The van der Waals surface area contributed by atoms with Gasteiger partial charge in [0.15, 0.2) is 11.4 Å². The van der Waals surface area contributed by atoms with Gasteiger partial charge in [0, 0.05) is 7.05 Å². The minimum Gasteiger partial charge on any atom is -0.423 e. The predicted molar refractivity (Wildman–Crippen MR) is 53.4 cm³/mol. The van der Waals surface area contributed by atoms with E-state index in [1.54, 1.807) is 25.2 Å². The van der Waals surface area contributed by atoms with Gasteiger partial charge in [-0.15, -0.1) is 0 Å². The number of rotatable bonds is 2. The number of hydrogen-bond donors (Lipinski definition) is 3. The lowest BCUT2D eigenvalue weighted by molar-refractivity contribution is 0.426. The van der Waals surface area contributed by atoms with E-state index in [4.69, 9.17) is 14.6 Å². The Balaban J connectivity index is 2.61. The third-order valence-corrected chi connectivity index (χ3v) is 2.03. The molecular weight excluding hydrogens is 183 g/mol. The van der Waals surface area contributed by atoms with Gasteiger partial charge < -0.3 is 19.9 Å². The molecule has 0 saturated carbocycles. The first kappa shape index (κ1) is 9.05. The fourth-order valence-corrected chi connectivity index (χ4v) is 1.30. The van der Waals surface area contributed by atoms with E-state index in [1.807, 2.05) is 0 Å². The summed E-state index contributed by atoms with van der Waals surface area (Å²) in [6.07, 6.45) is 0. The maximum atomic E-state index is 8.97. The summed E-state index contributed by atoms with van der Waals surface area (Å²) >= 11 is 0. The summed E-state index contributed by atoms with van der Waals surface area (Å²) < 4.78 is 5.00. The van der Waals surface area contributed by atoms with Gasteiger partial charge in [-0.2, -0.15) is 0 Å². The Labute approximate surface area is 80.5 Å². The van der Waals surface area contributed by atoms with Crippen LogP contribution < -0.4 is 10.8 Å². The Morgan fingerprint density at radius 1 is 1.43 bits per heavy atom. The van der Waals surface area contributed by atoms with Crippen molar-refractivity contribution < 1.29 is 14.6 Å². The van der Waals surface area contributed by atoms with Crippen molar-refractivity contribution in [3.63, 3.8) is 0 Å². The zero-order valence-corrected chi connectivity index (χ0v) is 7.56. The fourth-order valence-electron chi connectivity index (χ4n) is 1.30. The monoisotopic (exact) mass is 192 g/mol. The maximum Gasteiger partial charge on any atom is 0.488 e. The average molecular weight is 192 g/mol. The number of anilines is 1. The predicted octanol–water partition coefficient (Wildman–Crippen LogP) is -0.451. The molecule has 0 saturated heterocycles. The van der Waals surface area contributed by atoms with Crippen LogP contribution in [0.4, 0.5) is 5.82 Å². The van der Waals surface area contributed by atoms with Crippen LogP contribution in [0, 0.1) is 0 Å². The van der Waals surface area contributed by atoms with Crippen molar-refractivity contribution in [3.05, 3.63) is 18.2 Å². The molecule has 1 aromatic carbocycles. The summed E-state index contributed by atoms with van der Waals surface area (Å²) in [4.78, 5) is 0. The molecule has 2 aromatic rings. The molecule has 0 unspecified atom stereocenters. The maximum absolute atomic E-state index is 8.97. The molecule has 3 N–H and O–H groups in total. The Hall–Kier alpha value is -1.53. The van der Waals surface area contributed by atoms with E-state index < -0.39 is 7.12 Å². The van der Waals surface area contributed by atoms with E-state index in [1.165, 1.54) is 0 Å². The van der Waals surface area contributed by atoms with Crippen LogP contribution in [-0.2, 0) is 0 Å². The van der Waals surface area contributed by atoms with E-state index in [0.717, 1.165) is 5.39 Å². The smallest absolute Gasteiger partial charge is 0.423 e. The highest BCUT2D eigenvalue weighted by Gasteiger charge is 2.14. The van der Waals surface area contributed by atoms with Crippen molar-refractivity contribution in [2.24, 2.45) is 0 Å². The van der Waals surface area contributed by atoms with Gasteiger partial charge in [0.05, 0.1) is 5.39 Å². The van der Waals surface area contributed by atoms with Gasteiger partial charge in [0.2, 0.25) is 0 Å². The highest BCUT2D eigenvalue weighted by atomic mass is 16.5. The molecule has 0 fully saturated rings. The molecule has 0 aliphatic rings. The lowest BCUT2D eigenvalue weighted by Gasteiger charge is -1.98. The summed E-state index contributed by atoms with van der Waals surface area (Å²) in [5, 5.41) is 25.3. The molecule has 1 heterocycles. The second-order valence-electron chi connectivity index (χ2n) is 2.91. The largest absolute Gasteiger partial charge is 0.488 e. The average Bonchev–Trinajstić information content (AvgIpc) is 2.59. The zero-order chi connectivity index (χ0) is 10.1. The van der Waals surface area contributed by atoms with Crippen LogP contribution in [0.15, 0.2) is 22.7 Å². The number of nitrogens with zero attached hydrogens (tertiary/aromatic N) is 1. The van der Waals surface area contributed by atoms with Crippen LogP contribution in [0.2, 0.25) is 0 Å². The van der Waals surface area contributed by atoms with Crippen molar-refractivity contribution in [3.8, 4) is 0 Å². The van der Waals surface area contributed by atoms with Crippen molar-refractivity contribution in [1.82, 2.24) is 5.16 Å². The van der Waals surface area contributed by atoms with Gasteiger partial charge in [-0.3, -0.25) is 0 Å². The Kier molecular flexibility index (Phi) is 2.15. The Morgan fingerprint density at radius 3 is 2.86 bits per heavy atom. The number of nitrogens with one attached hydrogen (secondary N) is 1. The molecule has 0 atom stereocenters. The van der Waals surface area contributed by atoms with Crippen LogP contribution in [0.3, 0.4) is 0 Å². The lowest BCUT2D eigenvalue weighted by Crippen LogP contribution is -2.29. The van der Waals surface area contributed by atoms with E-state index >= 15 is 0 Å². The summed E-state index contributed by atoms with van der Waals surface area (Å²) in [5.41, 5.74) is 1.02. The van der Waals surface area contributed by atoms with Crippen LogP contribution in [-0.4, -0.2) is 29.4 Å². The Morgan fingerprint density at radius 2 is 2.21 bits per heavy atom. The molecule has 5 nitrogen and oxygen atoms in total. The number of hydrogen-bond acceptors (Lipinski definition) is 5. The van der Waals surface area contributed by atoms with Crippen molar-refractivity contribution >= 4 is 29.4 Å². The van der Waals surface area contributed by atoms with Crippen molar-refractivity contribution in [2.45, 2.75) is 0 Å². The van der Waals surface area contributed by atoms with Crippen molar-refractivity contribution in [2.75, 3.05) is 12.4 Å². The van der Waals surface area contributed by atoms with Gasteiger partial charge in [-0.05, 0) is 17.6 Å². The first-order chi connectivity index (χ1) is 6.72. The first-order valence-electron chi connectivity index (χ1n) is 4.15. The molecule has 6 heteroatoms. The molecule has 0 bridgehead atoms. The van der Waals surface area contributed by atoms with Crippen LogP contribution >= 0.6 is 0 Å². The van der Waals surface area contributed by atoms with E-state index in [-0.39, 0.29) is 0 Å². The van der Waals surface area contributed by atoms with Gasteiger partial charge in [0.25, 0.3) is 0 Å². The number of aromatic nitrogens is 1. The first-order valence-corrected chi connectivity index (χ1v) is 4.15. The topological polar surface area (TPSA) is 78.5 Å². The fraction of sp³-hybridized carbons (Fsp3) is 0.125. The van der Waals surface area contributed by atoms with E-state index in [2.05, 4.69) is 10.5 Å². The second kappa shape index (κ2) is 3.32. The third-order valence-electron chi connectivity index (χ3n) is 2.03. The molecule has 0 amide bonds. The summed E-state index contributed by atoms with van der Waals surface area (Å²) in [6.45, 7) is 0. The number of benzene rings is 1. The molecule has 72 valence electrons. The lowest BCUT2D eigenvalue weighted by atomic mass is 9.80. The summed E-state index contributed by atoms with van der Waals surface area (Å²) in [7, 11) is 0.248. The third kappa shape index (κ3) is 1.34. The molecule has 1 aromatic heterocycles. The Bertz CT molecular complexity index is 455. The van der Waals surface area contributed by atoms with E-state index in [9.17, 15) is 0 Å². The van der Waals surface area contributed by atoms with Gasteiger partial charge in [0.1, 0.15) is 0 Å². The van der Waals surface area contributed by atoms with Gasteiger partial charge in [-0.25, -0.2) is 0 Å². The quantitative estimate of drug-likeness (QED) is 0.561. The van der Waals surface area contributed by atoms with E-state index in [0.29, 0.717) is 16.9 Å². The summed E-state index contributed by atoms with van der Waals surface area (Å²) in [5.74, 6) is 0.586. The van der Waals surface area contributed by atoms with Gasteiger partial charge in [-0.1, -0.05) is 11.2 Å². The minimum atomic E-state index is -1.47. The minimum absolute atomic E-state index is 0.414. The standard InChI is InChI=1S/C8H9BN2O3/c1-10-8-6-4-5(9(12)13)2-3-7(6)14-11-8/h2-4,12-13H,1H3,(H,10,11). The molecule has 2 rings (SSSR count). The molecule has 14 heavy (non-hydrogen) atoms. The highest BCUT2D eigenvalue weighted by Crippen LogP contribution is 2.20. The SMILES string of the molecule is CNc1noc2ccc(B(O)O)cc12. The van der Waals surface area contributed by atoms with Crippen molar-refractivity contribution in [1.29, 1.82) is 0 Å². The molecule has 0 radical (unpaired) electrons. The van der Waals surface area contributed by atoms with Crippen LogP contribution in [0.25, 0.3) is 11.0 Å². The van der Waals surface area contributed by atoms with Gasteiger partial charge >= 0.3 is 7.12 Å². The second-order valence-corrected chi connectivity index (χ2v) is 2.91. The molecule has 0 aliphatic heterocycles. The highest BCUT2D eigenvalue weighted by molar-refractivity contribution is 6.58. The number of fused-ring (bicyclic) bond motifs is 1. The van der Waals surface area contributed by atoms with Crippen LogP contribution in [0.5, 0.6) is 0 Å². The normalized spacial score (nSPS) is 10.5. The van der Waals surface area contributed by atoms with Crippen LogP contribution in [0.1, 0.15) is 0 Å². The molecular formula is C8H9BN2O3. The zero-order valence-electron chi connectivity index (χ0n) is 7.56. The molecule has 0 aliphatic carbocycles. The molecule has 0 spiro atoms.